The first-order valence-corrected chi connectivity index (χ1v) is 9.42. The predicted octanol–water partition coefficient (Wildman–Crippen LogP) is 4.11. The molecule has 0 aliphatic heterocycles. The first-order valence-electron chi connectivity index (χ1n) is 9.42. The number of aromatic nitrogens is 4. The molecule has 0 amide bonds. The lowest BCUT2D eigenvalue weighted by Crippen LogP contribution is -1.95. The van der Waals surface area contributed by atoms with Gasteiger partial charge < -0.3 is 14.6 Å². The van der Waals surface area contributed by atoms with Gasteiger partial charge in [-0.3, -0.25) is 9.67 Å². The van der Waals surface area contributed by atoms with Gasteiger partial charge in [-0.1, -0.05) is 19.6 Å². The van der Waals surface area contributed by atoms with E-state index in [0.29, 0.717) is 11.5 Å². The van der Waals surface area contributed by atoms with E-state index in [-0.39, 0.29) is 14.0 Å². The van der Waals surface area contributed by atoms with Crippen molar-refractivity contribution in [1.82, 2.24) is 19.7 Å². The first kappa shape index (κ1) is 22.0. The molecule has 0 saturated carbocycles. The Morgan fingerprint density at radius 1 is 1.00 bits per heavy atom. The minimum absolute atomic E-state index is 0. The number of methoxy groups -OCH3 is 2. The summed E-state index contributed by atoms with van der Waals surface area (Å²) in [5, 5.41) is 13.8. The van der Waals surface area contributed by atoms with Crippen molar-refractivity contribution in [1.29, 1.82) is 0 Å². The van der Waals surface area contributed by atoms with Gasteiger partial charge in [-0.05, 0) is 41.0 Å². The number of hydrogen-bond acceptors (Lipinski definition) is 6. The van der Waals surface area contributed by atoms with Gasteiger partial charge in [-0.2, -0.15) is 5.10 Å². The summed E-state index contributed by atoms with van der Waals surface area (Å²) < 4.78 is 12.5. The van der Waals surface area contributed by atoms with Gasteiger partial charge in [0.25, 0.3) is 0 Å². The Balaban J connectivity index is 0.00000272. The Labute approximate surface area is 181 Å². The third-order valence-electron chi connectivity index (χ3n) is 4.81. The maximum absolute atomic E-state index is 9.64. The maximum Gasteiger partial charge on any atom is 0.123 e. The minimum atomic E-state index is -0.103. The fourth-order valence-electron chi connectivity index (χ4n) is 3.33. The Morgan fingerprint density at radius 2 is 1.74 bits per heavy atom. The Hall–Kier alpha value is -3.71. The second-order valence-electron chi connectivity index (χ2n) is 6.76. The van der Waals surface area contributed by atoms with Gasteiger partial charge in [0.15, 0.2) is 0 Å². The molecule has 7 heteroatoms. The summed E-state index contributed by atoms with van der Waals surface area (Å²) in [5.74, 6) is 1.35. The summed E-state index contributed by atoms with van der Waals surface area (Å²) in [7, 11) is 5.09. The predicted molar refractivity (Wildman–Crippen MR) is 122 cm³/mol. The van der Waals surface area contributed by atoms with E-state index in [1.165, 1.54) is 0 Å². The Kier molecular flexibility index (Phi) is 6.67. The second-order valence-corrected chi connectivity index (χ2v) is 6.76. The van der Waals surface area contributed by atoms with Crippen LogP contribution in [0, 0.1) is 0 Å². The summed E-state index contributed by atoms with van der Waals surface area (Å²) in [5.41, 5.74) is 5.83. The lowest BCUT2D eigenvalue weighted by atomic mass is 9.96. The minimum Gasteiger partial charge on any atom is -0.497 e. The Bertz CT molecular complexity index is 1210. The molecule has 0 fully saturated rings. The third-order valence-corrected chi connectivity index (χ3v) is 4.81. The highest BCUT2D eigenvalue weighted by Gasteiger charge is 2.12. The molecule has 0 unspecified atom stereocenters. The van der Waals surface area contributed by atoms with E-state index < -0.39 is 0 Å². The molecule has 0 atom stereocenters. The van der Waals surface area contributed by atoms with Crippen molar-refractivity contribution < 1.29 is 14.6 Å². The molecule has 2 heterocycles. The van der Waals surface area contributed by atoms with Crippen LogP contribution in [0.25, 0.3) is 27.9 Å². The largest absolute Gasteiger partial charge is 0.497 e. The summed E-state index contributed by atoms with van der Waals surface area (Å²) in [6, 6.07) is 11.5. The van der Waals surface area contributed by atoms with E-state index in [4.69, 9.17) is 14.5 Å². The number of aliphatic hydroxyl groups is 1. The molecule has 4 aromatic rings. The maximum atomic E-state index is 9.64. The third kappa shape index (κ3) is 4.57. The van der Waals surface area contributed by atoms with Crippen LogP contribution in [0.5, 0.6) is 11.5 Å². The SMILES string of the molecule is C.COc1cc(OC)cc(/C(=C\CO)c2ccc3ncc(-c4cnn(C)c4)nc3c2)c1. The second kappa shape index (κ2) is 9.40. The molecular weight excluding hydrogens is 392 g/mol. The van der Waals surface area contributed by atoms with Crippen LogP contribution < -0.4 is 9.47 Å². The van der Waals surface area contributed by atoms with E-state index in [2.05, 4.69) is 10.1 Å². The first-order chi connectivity index (χ1) is 14.6. The molecule has 4 rings (SSSR count). The molecule has 0 spiro atoms. The highest BCUT2D eigenvalue weighted by atomic mass is 16.5. The van der Waals surface area contributed by atoms with Gasteiger partial charge in [0.05, 0.1) is 49.9 Å². The molecule has 7 nitrogen and oxygen atoms in total. The van der Waals surface area contributed by atoms with Gasteiger partial charge in [0.1, 0.15) is 11.5 Å². The molecule has 0 bridgehead atoms. The van der Waals surface area contributed by atoms with Crippen LogP contribution in [0.2, 0.25) is 0 Å². The van der Waals surface area contributed by atoms with Gasteiger partial charge in [0.2, 0.25) is 0 Å². The monoisotopic (exact) mass is 418 g/mol. The van der Waals surface area contributed by atoms with Crippen LogP contribution in [0.15, 0.2) is 61.1 Å². The number of aryl methyl sites for hydroxylation is 1. The van der Waals surface area contributed by atoms with Crippen molar-refractivity contribution >= 4 is 16.6 Å². The molecule has 0 aliphatic carbocycles. The highest BCUT2D eigenvalue weighted by molar-refractivity contribution is 5.87. The zero-order valence-electron chi connectivity index (χ0n) is 17.0. The van der Waals surface area contributed by atoms with Crippen molar-refractivity contribution in [3.63, 3.8) is 0 Å². The standard InChI is InChI=1S/C23H22N4O3.CH4/c1-27-14-17(12-25-27)23-13-24-21-5-4-15(10-22(21)26-23)20(6-7-28)16-8-18(29-2)11-19(9-16)30-3;/h4-6,8-14,28H,7H2,1-3H3;1H4/b20-6-;. The fraction of sp³-hybridized carbons (Fsp3) is 0.208. The fourth-order valence-corrected chi connectivity index (χ4v) is 3.33. The van der Waals surface area contributed by atoms with Crippen molar-refractivity contribution in [2.45, 2.75) is 7.43 Å². The lowest BCUT2D eigenvalue weighted by Gasteiger charge is -2.13. The molecular formula is C24H26N4O3. The molecule has 31 heavy (non-hydrogen) atoms. The van der Waals surface area contributed by atoms with Crippen LogP contribution in [-0.4, -0.2) is 45.7 Å². The number of ether oxygens (including phenoxy) is 2. The van der Waals surface area contributed by atoms with Crippen LogP contribution in [0.4, 0.5) is 0 Å². The Morgan fingerprint density at radius 3 is 2.35 bits per heavy atom. The van der Waals surface area contributed by atoms with Crippen LogP contribution in [0.3, 0.4) is 0 Å². The number of fused-ring (bicyclic) bond motifs is 1. The van der Waals surface area contributed by atoms with Crippen molar-refractivity contribution in [2.75, 3.05) is 20.8 Å². The number of hydrogen-bond donors (Lipinski definition) is 1. The van der Waals surface area contributed by atoms with Crippen molar-refractivity contribution in [2.24, 2.45) is 7.05 Å². The highest BCUT2D eigenvalue weighted by Crippen LogP contribution is 2.32. The zero-order valence-corrected chi connectivity index (χ0v) is 17.0. The van der Waals surface area contributed by atoms with Gasteiger partial charge >= 0.3 is 0 Å². The number of nitrogens with zero attached hydrogens (tertiary/aromatic N) is 4. The van der Waals surface area contributed by atoms with E-state index in [9.17, 15) is 5.11 Å². The number of benzene rings is 2. The molecule has 0 saturated heterocycles. The summed E-state index contributed by atoms with van der Waals surface area (Å²) >= 11 is 0. The molecule has 0 aliphatic rings. The van der Waals surface area contributed by atoms with Crippen LogP contribution in [-0.2, 0) is 7.05 Å². The summed E-state index contributed by atoms with van der Waals surface area (Å²) in [6.45, 7) is -0.103. The number of aliphatic hydroxyl groups excluding tert-OH is 1. The molecule has 2 aromatic heterocycles. The van der Waals surface area contributed by atoms with Crippen LogP contribution in [0.1, 0.15) is 18.6 Å². The van der Waals surface area contributed by atoms with Gasteiger partial charge in [-0.15, -0.1) is 0 Å². The average Bonchev–Trinajstić information content (AvgIpc) is 3.22. The molecule has 1 N–H and O–H groups in total. The lowest BCUT2D eigenvalue weighted by molar-refractivity contribution is 0.343. The molecule has 2 aromatic carbocycles. The van der Waals surface area contributed by atoms with Gasteiger partial charge in [0, 0.05) is 24.9 Å². The van der Waals surface area contributed by atoms with Crippen molar-refractivity contribution in [3.8, 4) is 22.8 Å². The van der Waals surface area contributed by atoms with E-state index in [0.717, 1.165) is 39.0 Å². The average molecular weight is 418 g/mol. The summed E-state index contributed by atoms with van der Waals surface area (Å²) in [6.07, 6.45) is 7.17. The van der Waals surface area contributed by atoms with Crippen LogP contribution >= 0.6 is 0 Å². The van der Waals surface area contributed by atoms with E-state index in [1.54, 1.807) is 37.4 Å². The van der Waals surface area contributed by atoms with Gasteiger partial charge in [-0.25, -0.2) is 4.98 Å². The smallest absolute Gasteiger partial charge is 0.123 e. The summed E-state index contributed by atoms with van der Waals surface area (Å²) in [4.78, 5) is 9.30. The topological polar surface area (TPSA) is 82.3 Å². The van der Waals surface area contributed by atoms with Crippen molar-refractivity contribution in [3.05, 3.63) is 72.2 Å². The molecule has 160 valence electrons. The number of rotatable bonds is 6. The van der Waals surface area contributed by atoms with E-state index >= 15 is 0 Å². The quantitative estimate of drug-likeness (QED) is 0.507. The molecule has 0 radical (unpaired) electrons. The normalized spacial score (nSPS) is 11.3. The zero-order chi connectivity index (χ0) is 21.1. The van der Waals surface area contributed by atoms with E-state index in [1.807, 2.05) is 49.6 Å².